The highest BCUT2D eigenvalue weighted by Gasteiger charge is 2.42. The van der Waals surface area contributed by atoms with Crippen molar-refractivity contribution in [3.8, 4) is 5.75 Å². The SMILES string of the molecule is C/C(=N/C(=C(/C)C=O)N1CCC2(CC1)Cc1ccccc1O2)N(C)c1cccc(Cl)c1Cl. The monoisotopic (exact) mass is 471 g/mol. The van der Waals surface area contributed by atoms with Crippen molar-refractivity contribution in [3.63, 3.8) is 0 Å². The first-order chi connectivity index (χ1) is 15.3. The Kier molecular flexibility index (Phi) is 6.50. The number of hydrogen-bond donors (Lipinski definition) is 0. The van der Waals surface area contributed by atoms with E-state index in [0.29, 0.717) is 21.4 Å². The molecule has 0 radical (unpaired) electrons. The number of anilines is 1. The normalized spacial score (nSPS) is 18.2. The van der Waals surface area contributed by atoms with Crippen molar-refractivity contribution in [2.24, 2.45) is 4.99 Å². The van der Waals surface area contributed by atoms with Crippen LogP contribution in [0.1, 0.15) is 32.3 Å². The summed E-state index contributed by atoms with van der Waals surface area (Å²) in [6.07, 6.45) is 3.55. The van der Waals surface area contributed by atoms with Crippen LogP contribution in [0.4, 0.5) is 5.69 Å². The largest absolute Gasteiger partial charge is 0.487 e. The Morgan fingerprint density at radius 3 is 2.53 bits per heavy atom. The number of piperidine rings is 1. The van der Waals surface area contributed by atoms with Gasteiger partial charge in [-0.1, -0.05) is 47.5 Å². The van der Waals surface area contributed by atoms with Gasteiger partial charge in [0.2, 0.25) is 0 Å². The molecule has 2 aliphatic rings. The highest BCUT2D eigenvalue weighted by Crippen LogP contribution is 2.41. The molecule has 4 rings (SSSR count). The van der Waals surface area contributed by atoms with Crippen LogP contribution in [0.15, 0.2) is 58.9 Å². The molecule has 1 spiro atoms. The zero-order valence-corrected chi connectivity index (χ0v) is 20.1. The summed E-state index contributed by atoms with van der Waals surface area (Å²) in [6, 6.07) is 13.8. The van der Waals surface area contributed by atoms with Crippen LogP contribution in [0.5, 0.6) is 5.75 Å². The highest BCUT2D eigenvalue weighted by atomic mass is 35.5. The van der Waals surface area contributed by atoms with Gasteiger partial charge in [-0.25, -0.2) is 4.99 Å². The number of nitrogens with zero attached hydrogens (tertiary/aromatic N) is 3. The Labute approximate surface area is 199 Å². The molecule has 5 nitrogen and oxygen atoms in total. The third kappa shape index (κ3) is 4.37. The van der Waals surface area contributed by atoms with Gasteiger partial charge in [0, 0.05) is 45.0 Å². The summed E-state index contributed by atoms with van der Waals surface area (Å²) in [6.45, 7) is 5.25. The number of benzene rings is 2. The van der Waals surface area contributed by atoms with E-state index >= 15 is 0 Å². The molecule has 0 amide bonds. The summed E-state index contributed by atoms with van der Waals surface area (Å²) in [5.74, 6) is 2.40. The fraction of sp³-hybridized carbons (Fsp3) is 0.360. The molecular weight excluding hydrogens is 445 g/mol. The first-order valence-corrected chi connectivity index (χ1v) is 11.5. The van der Waals surface area contributed by atoms with Crippen molar-refractivity contribution >= 4 is 41.0 Å². The van der Waals surface area contributed by atoms with Crippen LogP contribution in [-0.2, 0) is 11.2 Å². The molecule has 0 aliphatic carbocycles. The zero-order valence-electron chi connectivity index (χ0n) is 18.6. The predicted octanol–water partition coefficient (Wildman–Crippen LogP) is 5.75. The van der Waals surface area contributed by atoms with Gasteiger partial charge in [-0.15, -0.1) is 0 Å². The Hall–Kier alpha value is -2.50. The molecule has 2 aliphatic heterocycles. The fourth-order valence-corrected chi connectivity index (χ4v) is 4.81. The van der Waals surface area contributed by atoms with Crippen LogP contribution in [0.3, 0.4) is 0 Å². The number of aldehydes is 1. The lowest BCUT2D eigenvalue weighted by molar-refractivity contribution is -0.105. The maximum Gasteiger partial charge on any atom is 0.149 e. The smallest absolute Gasteiger partial charge is 0.149 e. The van der Waals surface area contributed by atoms with Crippen LogP contribution >= 0.6 is 23.2 Å². The second-order valence-corrected chi connectivity index (χ2v) is 9.26. The molecule has 2 aromatic rings. The number of carbonyl (C=O) groups is 1. The molecule has 0 aromatic heterocycles. The van der Waals surface area contributed by atoms with E-state index in [1.54, 1.807) is 13.0 Å². The number of amidine groups is 1. The minimum absolute atomic E-state index is 0.162. The average Bonchev–Trinajstić information content (AvgIpc) is 3.16. The third-order valence-corrected chi connectivity index (χ3v) is 7.17. The number of halogens is 2. The molecular formula is C25H27Cl2N3O2. The number of fused-ring (bicyclic) bond motifs is 1. The third-order valence-electron chi connectivity index (χ3n) is 6.36. The Morgan fingerprint density at radius 2 is 1.84 bits per heavy atom. The van der Waals surface area contributed by atoms with Crippen LogP contribution in [0, 0.1) is 0 Å². The highest BCUT2D eigenvalue weighted by molar-refractivity contribution is 6.44. The van der Waals surface area contributed by atoms with Gasteiger partial charge in [0.15, 0.2) is 0 Å². The maximum atomic E-state index is 11.7. The molecule has 0 unspecified atom stereocenters. The topological polar surface area (TPSA) is 45.1 Å². The first-order valence-electron chi connectivity index (χ1n) is 10.7. The minimum Gasteiger partial charge on any atom is -0.487 e. The molecule has 168 valence electrons. The van der Waals surface area contributed by atoms with E-state index in [4.69, 9.17) is 32.9 Å². The molecule has 1 saturated heterocycles. The van der Waals surface area contributed by atoms with Crippen molar-refractivity contribution in [1.29, 1.82) is 0 Å². The average molecular weight is 472 g/mol. The van der Waals surface area contributed by atoms with E-state index in [2.05, 4.69) is 17.0 Å². The second kappa shape index (κ2) is 9.16. The van der Waals surface area contributed by atoms with Crippen molar-refractivity contribution in [1.82, 2.24) is 4.90 Å². The first kappa shape index (κ1) is 22.7. The number of para-hydroxylation sites is 1. The Morgan fingerprint density at radius 1 is 1.12 bits per heavy atom. The molecule has 2 aromatic carbocycles. The van der Waals surface area contributed by atoms with Gasteiger partial charge in [0.05, 0.1) is 15.7 Å². The molecule has 2 heterocycles. The maximum absolute atomic E-state index is 11.7. The van der Waals surface area contributed by atoms with Crippen molar-refractivity contribution in [2.75, 3.05) is 25.0 Å². The van der Waals surface area contributed by atoms with Gasteiger partial charge in [-0.05, 0) is 37.6 Å². The second-order valence-electron chi connectivity index (χ2n) is 8.47. The van der Waals surface area contributed by atoms with E-state index < -0.39 is 0 Å². The van der Waals surface area contributed by atoms with Crippen LogP contribution in [0.25, 0.3) is 0 Å². The van der Waals surface area contributed by atoms with Crippen LogP contribution < -0.4 is 9.64 Å². The Balaban J connectivity index is 1.53. The summed E-state index contributed by atoms with van der Waals surface area (Å²) >= 11 is 12.6. The van der Waals surface area contributed by atoms with Gasteiger partial charge in [0.25, 0.3) is 0 Å². The van der Waals surface area contributed by atoms with Crippen LogP contribution in [-0.4, -0.2) is 42.8 Å². The predicted molar refractivity (Wildman–Crippen MR) is 131 cm³/mol. The number of likely N-dealkylation sites (tertiary alicyclic amines) is 1. The summed E-state index contributed by atoms with van der Waals surface area (Å²) in [4.78, 5) is 20.6. The standard InChI is InChI=1S/C25H27Cl2N3O2/c1-17(16-31)24(28-18(2)29(3)21-9-6-8-20(26)23(21)27)30-13-11-25(12-14-30)15-19-7-4-5-10-22(19)32-25/h4-10,16H,11-15H2,1-3H3/b24-17+,28-18-. The van der Waals surface area contributed by atoms with Gasteiger partial charge in [0.1, 0.15) is 29.3 Å². The molecule has 0 bridgehead atoms. The zero-order chi connectivity index (χ0) is 22.9. The van der Waals surface area contributed by atoms with Crippen molar-refractivity contribution in [3.05, 3.63) is 69.5 Å². The summed E-state index contributed by atoms with van der Waals surface area (Å²) in [5, 5.41) is 0.962. The number of allylic oxidation sites excluding steroid dienone is 1. The van der Waals surface area contributed by atoms with Gasteiger partial charge in [-0.3, -0.25) is 4.79 Å². The van der Waals surface area contributed by atoms with E-state index in [9.17, 15) is 4.79 Å². The molecule has 0 N–H and O–H groups in total. The Bertz CT molecular complexity index is 1060. The van der Waals surface area contributed by atoms with E-state index in [1.165, 1.54) is 5.56 Å². The molecule has 32 heavy (non-hydrogen) atoms. The van der Waals surface area contributed by atoms with Crippen LogP contribution in [0.2, 0.25) is 10.0 Å². The van der Waals surface area contributed by atoms with E-state index in [0.717, 1.165) is 55.9 Å². The number of ether oxygens (including phenoxy) is 1. The summed E-state index contributed by atoms with van der Waals surface area (Å²) < 4.78 is 6.37. The fourth-order valence-electron chi connectivity index (χ4n) is 4.39. The van der Waals surface area contributed by atoms with Gasteiger partial charge in [-0.2, -0.15) is 0 Å². The lowest BCUT2D eigenvalue weighted by Crippen LogP contribution is -2.47. The number of carbonyl (C=O) groups excluding carboxylic acids is 1. The number of rotatable bonds is 4. The lowest BCUT2D eigenvalue weighted by Gasteiger charge is -2.40. The quantitative estimate of drug-likeness (QED) is 0.246. The number of hydrogen-bond acceptors (Lipinski definition) is 4. The minimum atomic E-state index is -0.162. The summed E-state index contributed by atoms with van der Waals surface area (Å²) in [5.41, 5.74) is 2.47. The summed E-state index contributed by atoms with van der Waals surface area (Å²) in [7, 11) is 1.89. The number of aliphatic imine (C=N–C) groups is 1. The van der Waals surface area contributed by atoms with E-state index in [1.807, 2.05) is 43.1 Å². The van der Waals surface area contributed by atoms with Gasteiger partial charge < -0.3 is 14.5 Å². The van der Waals surface area contributed by atoms with Crippen molar-refractivity contribution in [2.45, 2.75) is 38.7 Å². The van der Waals surface area contributed by atoms with Crippen molar-refractivity contribution < 1.29 is 9.53 Å². The van der Waals surface area contributed by atoms with Gasteiger partial charge >= 0.3 is 0 Å². The molecule has 0 saturated carbocycles. The molecule has 1 fully saturated rings. The lowest BCUT2D eigenvalue weighted by atomic mass is 9.87. The molecule has 7 heteroatoms. The molecule has 0 atom stereocenters. The van der Waals surface area contributed by atoms with E-state index in [-0.39, 0.29) is 5.60 Å².